The average Bonchev–Trinajstić information content (AvgIpc) is 2.91. The van der Waals surface area contributed by atoms with Crippen LogP contribution in [0.25, 0.3) is 5.82 Å². The molecule has 0 aliphatic rings. The highest BCUT2D eigenvalue weighted by Gasteiger charge is 2.14. The number of benzene rings is 1. The largest absolute Gasteiger partial charge is 0.306 e. The molecule has 1 amide bonds. The zero-order valence-electron chi connectivity index (χ0n) is 12.9. The molecule has 0 saturated carbocycles. The molecule has 0 atom stereocenters. The van der Waals surface area contributed by atoms with Crippen LogP contribution in [0.1, 0.15) is 21.7 Å². The zero-order chi connectivity index (χ0) is 17.3. The Kier molecular flexibility index (Phi) is 4.64. The number of nitrogens with one attached hydrogen (secondary N) is 1. The van der Waals surface area contributed by atoms with Crippen molar-refractivity contribution < 1.29 is 4.79 Å². The van der Waals surface area contributed by atoms with E-state index in [1.165, 1.54) is 0 Å². The van der Waals surface area contributed by atoms with Crippen molar-refractivity contribution in [3.8, 4) is 5.82 Å². The number of hydrogen-bond acceptors (Lipinski definition) is 4. The molecule has 3 rings (SSSR count). The monoisotopic (exact) mass is 405 g/mol. The van der Waals surface area contributed by atoms with Crippen molar-refractivity contribution in [2.24, 2.45) is 0 Å². The number of amides is 1. The molecule has 0 saturated heterocycles. The second-order valence-corrected chi connectivity index (χ2v) is 6.46. The maximum atomic E-state index is 12.5. The van der Waals surface area contributed by atoms with E-state index in [0.29, 0.717) is 22.2 Å². The van der Waals surface area contributed by atoms with Gasteiger partial charge in [0.1, 0.15) is 5.82 Å². The molecule has 0 unspecified atom stereocenters. The van der Waals surface area contributed by atoms with Gasteiger partial charge in [0.2, 0.25) is 0 Å². The fraction of sp³-hybridized carbons (Fsp3) is 0.125. The molecular weight excluding hydrogens is 394 g/mol. The highest BCUT2D eigenvalue weighted by molar-refractivity contribution is 9.10. The smallest absolute Gasteiger partial charge is 0.256 e. The van der Waals surface area contributed by atoms with Gasteiger partial charge in [0, 0.05) is 16.1 Å². The van der Waals surface area contributed by atoms with E-state index in [0.717, 1.165) is 15.9 Å². The van der Waals surface area contributed by atoms with Crippen LogP contribution in [0.2, 0.25) is 5.02 Å². The molecule has 0 radical (unpaired) electrons. The van der Waals surface area contributed by atoms with Gasteiger partial charge in [0.15, 0.2) is 5.82 Å². The molecule has 6 nitrogen and oxygen atoms in total. The maximum absolute atomic E-state index is 12.5. The van der Waals surface area contributed by atoms with E-state index in [9.17, 15) is 4.79 Å². The first-order valence-electron chi connectivity index (χ1n) is 7.08. The van der Waals surface area contributed by atoms with Crippen molar-refractivity contribution in [3.05, 3.63) is 62.8 Å². The SMILES string of the molecule is Cc1ccc(-n2nc(C)cc2NC(=O)c2ccc(Br)c(Cl)c2)nn1. The summed E-state index contributed by atoms with van der Waals surface area (Å²) in [5.74, 6) is 0.748. The van der Waals surface area contributed by atoms with Gasteiger partial charge in [-0.05, 0) is 60.1 Å². The lowest BCUT2D eigenvalue weighted by Gasteiger charge is -2.08. The summed E-state index contributed by atoms with van der Waals surface area (Å²) in [7, 11) is 0. The number of carbonyl (C=O) groups is 1. The summed E-state index contributed by atoms with van der Waals surface area (Å²) in [6.07, 6.45) is 0. The van der Waals surface area contributed by atoms with Crippen molar-refractivity contribution in [2.75, 3.05) is 5.32 Å². The summed E-state index contributed by atoms with van der Waals surface area (Å²) >= 11 is 9.35. The van der Waals surface area contributed by atoms with Crippen LogP contribution in [0.5, 0.6) is 0 Å². The molecule has 8 heteroatoms. The quantitative estimate of drug-likeness (QED) is 0.715. The molecule has 1 N–H and O–H groups in total. The van der Waals surface area contributed by atoms with Crippen LogP contribution >= 0.6 is 27.5 Å². The highest BCUT2D eigenvalue weighted by Crippen LogP contribution is 2.24. The van der Waals surface area contributed by atoms with E-state index in [-0.39, 0.29) is 5.91 Å². The predicted molar refractivity (Wildman–Crippen MR) is 95.7 cm³/mol. The predicted octanol–water partition coefficient (Wildman–Crippen LogP) is 3.95. The third-order valence-corrected chi connectivity index (χ3v) is 4.49. The molecule has 0 aliphatic carbocycles. The van der Waals surface area contributed by atoms with Crippen LogP contribution in [0.3, 0.4) is 0 Å². The van der Waals surface area contributed by atoms with Gasteiger partial charge in [-0.1, -0.05) is 11.6 Å². The first kappa shape index (κ1) is 16.6. The molecule has 0 fully saturated rings. The summed E-state index contributed by atoms with van der Waals surface area (Å²) in [6, 6.07) is 10.4. The molecule has 0 aliphatic heterocycles. The fourth-order valence-corrected chi connectivity index (χ4v) is 2.52. The molecule has 24 heavy (non-hydrogen) atoms. The van der Waals surface area contributed by atoms with E-state index in [1.807, 2.05) is 19.9 Å². The second kappa shape index (κ2) is 6.70. The van der Waals surface area contributed by atoms with Crippen LogP contribution < -0.4 is 5.32 Å². The van der Waals surface area contributed by atoms with Gasteiger partial charge in [-0.25, -0.2) is 0 Å². The molecule has 1 aromatic carbocycles. The summed E-state index contributed by atoms with van der Waals surface area (Å²) in [6.45, 7) is 3.69. The van der Waals surface area contributed by atoms with Gasteiger partial charge in [0.25, 0.3) is 5.91 Å². The Morgan fingerprint density at radius 2 is 1.92 bits per heavy atom. The van der Waals surface area contributed by atoms with E-state index in [1.54, 1.807) is 35.0 Å². The van der Waals surface area contributed by atoms with Gasteiger partial charge in [-0.2, -0.15) is 14.9 Å². The van der Waals surface area contributed by atoms with Crippen molar-refractivity contribution in [3.63, 3.8) is 0 Å². The number of nitrogens with zero attached hydrogens (tertiary/aromatic N) is 4. The Bertz CT molecular complexity index is 907. The Hall–Kier alpha value is -2.25. The number of anilines is 1. The van der Waals surface area contributed by atoms with Crippen molar-refractivity contribution in [1.82, 2.24) is 20.0 Å². The van der Waals surface area contributed by atoms with Crippen LogP contribution in [0.4, 0.5) is 5.82 Å². The standard InChI is InChI=1S/C16H13BrClN5O/c1-9-3-6-14(21-20-9)23-15(7-10(2)22-23)19-16(24)11-4-5-12(17)13(18)8-11/h3-8H,1-2H3,(H,19,24). The lowest BCUT2D eigenvalue weighted by atomic mass is 10.2. The van der Waals surface area contributed by atoms with E-state index >= 15 is 0 Å². The highest BCUT2D eigenvalue weighted by atomic mass is 79.9. The lowest BCUT2D eigenvalue weighted by Crippen LogP contribution is -2.15. The molecule has 0 bridgehead atoms. The Balaban J connectivity index is 1.91. The molecule has 2 heterocycles. The number of rotatable bonds is 3. The number of halogens is 2. The van der Waals surface area contributed by atoms with Crippen LogP contribution in [-0.2, 0) is 0 Å². The minimum Gasteiger partial charge on any atom is -0.306 e. The lowest BCUT2D eigenvalue weighted by molar-refractivity contribution is 0.102. The van der Waals surface area contributed by atoms with Crippen molar-refractivity contribution >= 4 is 39.3 Å². The zero-order valence-corrected chi connectivity index (χ0v) is 15.3. The van der Waals surface area contributed by atoms with E-state index < -0.39 is 0 Å². The van der Waals surface area contributed by atoms with E-state index in [2.05, 4.69) is 36.5 Å². The van der Waals surface area contributed by atoms with Gasteiger partial charge >= 0.3 is 0 Å². The van der Waals surface area contributed by atoms with Gasteiger partial charge in [0.05, 0.1) is 16.4 Å². The minimum absolute atomic E-state index is 0.286. The van der Waals surface area contributed by atoms with Crippen LogP contribution in [-0.4, -0.2) is 25.9 Å². The second-order valence-electron chi connectivity index (χ2n) is 5.20. The summed E-state index contributed by atoms with van der Waals surface area (Å²) < 4.78 is 2.27. The normalized spacial score (nSPS) is 10.7. The fourth-order valence-electron chi connectivity index (χ4n) is 2.09. The molecular formula is C16H13BrClN5O. The molecule has 2 aromatic heterocycles. The Morgan fingerprint density at radius 3 is 2.58 bits per heavy atom. The number of hydrogen-bond donors (Lipinski definition) is 1. The number of aromatic nitrogens is 4. The Morgan fingerprint density at radius 1 is 1.12 bits per heavy atom. The van der Waals surface area contributed by atoms with Gasteiger partial charge in [-0.15, -0.1) is 5.10 Å². The summed E-state index contributed by atoms with van der Waals surface area (Å²) in [5, 5.41) is 15.8. The summed E-state index contributed by atoms with van der Waals surface area (Å²) in [4.78, 5) is 12.5. The topological polar surface area (TPSA) is 72.7 Å². The minimum atomic E-state index is -0.286. The maximum Gasteiger partial charge on any atom is 0.256 e. The van der Waals surface area contributed by atoms with E-state index in [4.69, 9.17) is 11.6 Å². The average molecular weight is 407 g/mol. The molecule has 3 aromatic rings. The van der Waals surface area contributed by atoms with Crippen LogP contribution in [0, 0.1) is 13.8 Å². The number of carbonyl (C=O) groups excluding carboxylic acids is 1. The van der Waals surface area contributed by atoms with Crippen molar-refractivity contribution in [1.29, 1.82) is 0 Å². The van der Waals surface area contributed by atoms with Crippen LogP contribution in [0.15, 0.2) is 40.9 Å². The summed E-state index contributed by atoms with van der Waals surface area (Å²) in [5.41, 5.74) is 2.00. The first-order chi connectivity index (χ1) is 11.4. The number of aryl methyl sites for hydroxylation is 2. The third kappa shape index (κ3) is 3.47. The van der Waals surface area contributed by atoms with Gasteiger partial charge < -0.3 is 5.32 Å². The third-order valence-electron chi connectivity index (χ3n) is 3.26. The van der Waals surface area contributed by atoms with Crippen molar-refractivity contribution in [2.45, 2.75) is 13.8 Å². The first-order valence-corrected chi connectivity index (χ1v) is 8.25. The molecule has 122 valence electrons. The van der Waals surface area contributed by atoms with Gasteiger partial charge in [-0.3, -0.25) is 4.79 Å². The molecule has 0 spiro atoms. The Labute approximate surface area is 152 Å².